The molecule has 0 atom stereocenters. The van der Waals surface area contributed by atoms with Crippen LogP contribution in [0.1, 0.15) is 12.8 Å². The molecule has 0 aliphatic rings. The van der Waals surface area contributed by atoms with E-state index in [1.165, 1.54) is 0 Å². The van der Waals surface area contributed by atoms with Crippen LogP contribution in [0.3, 0.4) is 0 Å². The molecule has 58 valence electrons. The van der Waals surface area contributed by atoms with Gasteiger partial charge in [-0.05, 0) is 0 Å². The average Bonchev–Trinajstić information content (AvgIpc) is 1.85. The Hall–Kier alpha value is -1.00. The summed E-state index contributed by atoms with van der Waals surface area (Å²) in [6.45, 7) is 0. The summed E-state index contributed by atoms with van der Waals surface area (Å²) in [7, 11) is 0. The highest BCUT2D eigenvalue weighted by Gasteiger charge is 2.28. The van der Waals surface area contributed by atoms with E-state index in [0.29, 0.717) is 0 Å². The number of aldehydes is 1. The van der Waals surface area contributed by atoms with E-state index in [2.05, 4.69) is 0 Å². The maximum atomic E-state index is 11.9. The van der Waals surface area contributed by atoms with Gasteiger partial charge in [0.05, 0.1) is 6.42 Å². The van der Waals surface area contributed by atoms with Crippen molar-refractivity contribution in [1.82, 2.24) is 0 Å². The van der Waals surface area contributed by atoms with Crippen molar-refractivity contribution >= 4 is 12.3 Å². The highest BCUT2D eigenvalue weighted by atomic mass is 19.3. The first-order valence-electron chi connectivity index (χ1n) is 2.54. The zero-order chi connectivity index (χ0) is 8.20. The number of halogens is 2. The topological polar surface area (TPSA) is 54.4 Å². The molecule has 0 unspecified atom stereocenters. The summed E-state index contributed by atoms with van der Waals surface area (Å²) in [5.74, 6) is -4.82. The first kappa shape index (κ1) is 9.00. The lowest BCUT2D eigenvalue weighted by atomic mass is 10.2. The second-order valence-electron chi connectivity index (χ2n) is 1.77. The molecule has 1 N–H and O–H groups in total. The highest BCUT2D eigenvalue weighted by Crippen LogP contribution is 2.16. The number of rotatable bonds is 4. The fourth-order valence-electron chi connectivity index (χ4n) is 0.333. The van der Waals surface area contributed by atoms with Crippen LogP contribution in [0, 0.1) is 0 Å². The van der Waals surface area contributed by atoms with E-state index < -0.39 is 31.0 Å². The minimum Gasteiger partial charge on any atom is -0.481 e. The molecule has 0 aromatic heterocycles. The monoisotopic (exact) mass is 152 g/mol. The second-order valence-corrected chi connectivity index (χ2v) is 1.77. The molecule has 0 radical (unpaired) electrons. The zero-order valence-corrected chi connectivity index (χ0v) is 5.01. The van der Waals surface area contributed by atoms with Crippen LogP contribution in [0.2, 0.25) is 0 Å². The molecule has 0 aliphatic carbocycles. The molecular weight excluding hydrogens is 146 g/mol. The van der Waals surface area contributed by atoms with Crippen molar-refractivity contribution in [3.05, 3.63) is 0 Å². The maximum Gasteiger partial charge on any atom is 0.303 e. The van der Waals surface area contributed by atoms with Crippen molar-refractivity contribution in [2.75, 3.05) is 0 Å². The second kappa shape index (κ2) is 3.24. The van der Waals surface area contributed by atoms with Crippen molar-refractivity contribution in [2.24, 2.45) is 0 Å². The molecule has 0 aromatic carbocycles. The van der Waals surface area contributed by atoms with Gasteiger partial charge in [-0.1, -0.05) is 0 Å². The third kappa shape index (κ3) is 3.94. The van der Waals surface area contributed by atoms with Gasteiger partial charge in [0.1, 0.15) is 0 Å². The number of aliphatic carboxylic acids is 1. The Labute approximate surface area is 55.6 Å². The van der Waals surface area contributed by atoms with Crippen LogP contribution in [0.4, 0.5) is 8.78 Å². The van der Waals surface area contributed by atoms with E-state index >= 15 is 0 Å². The molecule has 0 spiro atoms. The van der Waals surface area contributed by atoms with E-state index in [4.69, 9.17) is 5.11 Å². The summed E-state index contributed by atoms with van der Waals surface area (Å²) < 4.78 is 23.8. The fraction of sp³-hybridized carbons (Fsp3) is 0.600. The molecule has 0 saturated heterocycles. The molecule has 0 saturated carbocycles. The minimum atomic E-state index is -3.49. The van der Waals surface area contributed by atoms with Gasteiger partial charge < -0.3 is 5.11 Å². The smallest absolute Gasteiger partial charge is 0.303 e. The van der Waals surface area contributed by atoms with Gasteiger partial charge in [0.2, 0.25) is 0 Å². The molecule has 10 heavy (non-hydrogen) atoms. The summed E-state index contributed by atoms with van der Waals surface area (Å²) in [5.41, 5.74) is 0. The number of hydrogen-bond donors (Lipinski definition) is 1. The minimum absolute atomic E-state index is 0.546. The van der Waals surface area contributed by atoms with E-state index in [0.717, 1.165) is 0 Å². The average molecular weight is 152 g/mol. The third-order valence-electron chi connectivity index (χ3n) is 0.845. The summed E-state index contributed by atoms with van der Waals surface area (Å²) in [6, 6.07) is 0. The van der Waals surface area contributed by atoms with Gasteiger partial charge in [-0.3, -0.25) is 9.59 Å². The number of hydrogen-bond acceptors (Lipinski definition) is 2. The van der Waals surface area contributed by atoms with Gasteiger partial charge in [-0.2, -0.15) is 8.78 Å². The van der Waals surface area contributed by atoms with Gasteiger partial charge in [0, 0.05) is 6.42 Å². The van der Waals surface area contributed by atoms with Gasteiger partial charge in [0.15, 0.2) is 6.29 Å². The highest BCUT2D eigenvalue weighted by molar-refractivity contribution is 5.68. The lowest BCUT2D eigenvalue weighted by Crippen LogP contribution is -2.18. The van der Waals surface area contributed by atoms with Crippen LogP contribution < -0.4 is 0 Å². The number of carbonyl (C=O) groups is 2. The number of alkyl halides is 2. The maximum absolute atomic E-state index is 11.9. The number of carboxylic acid groups (broad SMARTS) is 1. The van der Waals surface area contributed by atoms with Gasteiger partial charge in [-0.15, -0.1) is 0 Å². The van der Waals surface area contributed by atoms with Crippen LogP contribution in [0.5, 0.6) is 0 Å². The summed E-state index contributed by atoms with van der Waals surface area (Å²) >= 11 is 0. The first-order chi connectivity index (χ1) is 4.48. The molecule has 0 heterocycles. The van der Waals surface area contributed by atoms with E-state index in [1.807, 2.05) is 0 Å². The van der Waals surface area contributed by atoms with E-state index in [9.17, 15) is 18.4 Å². The van der Waals surface area contributed by atoms with Crippen LogP contribution in [-0.4, -0.2) is 23.3 Å². The van der Waals surface area contributed by atoms with Gasteiger partial charge in [0.25, 0.3) is 0 Å². The van der Waals surface area contributed by atoms with Crippen LogP contribution in [0.25, 0.3) is 0 Å². The quantitative estimate of drug-likeness (QED) is 0.603. The van der Waals surface area contributed by atoms with Crippen LogP contribution in [-0.2, 0) is 9.59 Å². The Kier molecular flexibility index (Phi) is 2.92. The van der Waals surface area contributed by atoms with Crippen LogP contribution >= 0.6 is 0 Å². The van der Waals surface area contributed by atoms with E-state index in [1.54, 1.807) is 0 Å². The summed E-state index contributed by atoms with van der Waals surface area (Å²) in [5, 5.41) is 7.92. The fourth-order valence-corrected chi connectivity index (χ4v) is 0.333. The Morgan fingerprint density at radius 2 is 2.10 bits per heavy atom. The largest absolute Gasteiger partial charge is 0.481 e. The first-order valence-corrected chi connectivity index (χ1v) is 2.54. The Morgan fingerprint density at radius 3 is 2.40 bits per heavy atom. The summed E-state index contributed by atoms with van der Waals surface area (Å²) in [6.07, 6.45) is -2.16. The Balaban J connectivity index is 3.67. The normalized spacial score (nSPS) is 11.0. The molecule has 3 nitrogen and oxygen atoms in total. The lowest BCUT2D eigenvalue weighted by molar-refractivity contribution is -0.141. The standard InChI is InChI=1S/C5H6F2O3/c6-5(7,3-8)2-1-4(9)10/h3H,1-2H2,(H,9,10). The molecule has 5 heteroatoms. The number of carboxylic acids is 1. The molecule has 0 rings (SSSR count). The molecule has 0 aliphatic heterocycles. The van der Waals surface area contributed by atoms with Crippen molar-refractivity contribution in [1.29, 1.82) is 0 Å². The van der Waals surface area contributed by atoms with E-state index in [-0.39, 0.29) is 0 Å². The van der Waals surface area contributed by atoms with Crippen molar-refractivity contribution < 1.29 is 23.5 Å². The SMILES string of the molecule is O=CC(F)(F)CCC(=O)O. The molecule has 0 fully saturated rings. The molecule has 0 amide bonds. The third-order valence-corrected chi connectivity index (χ3v) is 0.845. The Morgan fingerprint density at radius 1 is 1.60 bits per heavy atom. The zero-order valence-electron chi connectivity index (χ0n) is 5.01. The van der Waals surface area contributed by atoms with Gasteiger partial charge in [-0.25, -0.2) is 0 Å². The predicted molar refractivity (Wildman–Crippen MR) is 27.9 cm³/mol. The van der Waals surface area contributed by atoms with Crippen molar-refractivity contribution in [3.63, 3.8) is 0 Å². The number of carbonyl (C=O) groups excluding carboxylic acids is 1. The molecule has 0 bridgehead atoms. The van der Waals surface area contributed by atoms with Crippen LogP contribution in [0.15, 0.2) is 0 Å². The van der Waals surface area contributed by atoms with Gasteiger partial charge >= 0.3 is 11.9 Å². The predicted octanol–water partition coefficient (Wildman–Crippen LogP) is 0.685. The molecular formula is C5H6F2O3. The molecule has 0 aromatic rings. The lowest BCUT2D eigenvalue weighted by Gasteiger charge is -2.04. The Bertz CT molecular complexity index is 144. The van der Waals surface area contributed by atoms with Crippen molar-refractivity contribution in [3.8, 4) is 0 Å². The van der Waals surface area contributed by atoms with Crippen molar-refractivity contribution in [2.45, 2.75) is 18.8 Å². The summed E-state index contributed by atoms with van der Waals surface area (Å²) in [4.78, 5) is 19.2.